The molecule has 1 aromatic rings. The van der Waals surface area contributed by atoms with Gasteiger partial charge in [-0.25, -0.2) is 4.39 Å². The molecule has 0 aliphatic carbocycles. The third-order valence-electron chi connectivity index (χ3n) is 3.82. The normalized spacial score (nSPS) is 19.7. The lowest BCUT2D eigenvalue weighted by Gasteiger charge is -2.31. The van der Waals surface area contributed by atoms with E-state index in [1.165, 1.54) is 6.07 Å². The number of likely N-dealkylation sites (N-methyl/N-ethyl adjacent to an activating group) is 1. The Morgan fingerprint density at radius 2 is 2.41 bits per heavy atom. The van der Waals surface area contributed by atoms with Crippen molar-refractivity contribution in [1.29, 1.82) is 0 Å². The molecule has 0 aromatic heterocycles. The van der Waals surface area contributed by atoms with E-state index in [1.54, 1.807) is 12.1 Å². The fourth-order valence-corrected chi connectivity index (χ4v) is 2.95. The van der Waals surface area contributed by atoms with E-state index in [2.05, 4.69) is 10.6 Å². The summed E-state index contributed by atoms with van der Waals surface area (Å²) in [5, 5.41) is 6.05. The van der Waals surface area contributed by atoms with Gasteiger partial charge >= 0.3 is 0 Å². The van der Waals surface area contributed by atoms with Crippen LogP contribution in [-0.2, 0) is 9.53 Å². The molecule has 1 saturated heterocycles. The average Bonchev–Trinajstić information content (AvgIpc) is 2.53. The standard InChI is InChI=1S/C16H22ClFN2O2/c1-2-20-14(21)10-22-16(11-5-4-8-19-9-11)12-6-3-7-13(17)15(12)18/h3,6-7,11,16,19H,2,4-5,8-10H2,1H3,(H,20,21)/t11-,16-/m1/s1. The zero-order chi connectivity index (χ0) is 15.9. The molecule has 1 heterocycles. The highest BCUT2D eigenvalue weighted by molar-refractivity contribution is 6.30. The van der Waals surface area contributed by atoms with E-state index in [4.69, 9.17) is 16.3 Å². The number of ether oxygens (including phenoxy) is 1. The molecular formula is C16H22ClFN2O2. The molecule has 1 fully saturated rings. The number of rotatable bonds is 6. The van der Waals surface area contributed by atoms with E-state index >= 15 is 0 Å². The van der Waals surface area contributed by atoms with Crippen LogP contribution in [0.25, 0.3) is 0 Å². The minimum atomic E-state index is -0.478. The molecular weight excluding hydrogens is 307 g/mol. The van der Waals surface area contributed by atoms with E-state index in [1.807, 2.05) is 6.92 Å². The highest BCUT2D eigenvalue weighted by atomic mass is 35.5. The van der Waals surface area contributed by atoms with Crippen molar-refractivity contribution in [3.63, 3.8) is 0 Å². The van der Waals surface area contributed by atoms with E-state index in [0.717, 1.165) is 25.9 Å². The Balaban J connectivity index is 2.16. The van der Waals surface area contributed by atoms with Gasteiger partial charge in [-0.15, -0.1) is 0 Å². The Kier molecular flexibility index (Phi) is 6.61. The number of hydrogen-bond donors (Lipinski definition) is 2. The van der Waals surface area contributed by atoms with Crippen LogP contribution in [0.5, 0.6) is 0 Å². The molecule has 6 heteroatoms. The van der Waals surface area contributed by atoms with Gasteiger partial charge < -0.3 is 15.4 Å². The Bertz CT molecular complexity index is 507. The summed E-state index contributed by atoms with van der Waals surface area (Å²) in [6, 6.07) is 4.90. The van der Waals surface area contributed by atoms with Crippen LogP contribution >= 0.6 is 11.6 Å². The Labute approximate surface area is 135 Å². The second-order valence-corrected chi connectivity index (χ2v) is 5.84. The van der Waals surface area contributed by atoms with E-state index in [9.17, 15) is 9.18 Å². The lowest BCUT2D eigenvalue weighted by Crippen LogP contribution is -2.36. The fourth-order valence-electron chi connectivity index (χ4n) is 2.77. The van der Waals surface area contributed by atoms with Crippen molar-refractivity contribution >= 4 is 17.5 Å². The molecule has 1 aliphatic heterocycles. The largest absolute Gasteiger partial charge is 0.363 e. The molecule has 0 unspecified atom stereocenters. The summed E-state index contributed by atoms with van der Waals surface area (Å²) in [6.07, 6.45) is 1.46. The Morgan fingerprint density at radius 3 is 3.09 bits per heavy atom. The van der Waals surface area contributed by atoms with E-state index in [-0.39, 0.29) is 23.5 Å². The Hall–Kier alpha value is -1.17. The van der Waals surface area contributed by atoms with Crippen LogP contribution in [0.4, 0.5) is 4.39 Å². The number of halogens is 2. The minimum Gasteiger partial charge on any atom is -0.363 e. The highest BCUT2D eigenvalue weighted by Gasteiger charge is 2.29. The number of benzene rings is 1. The molecule has 4 nitrogen and oxygen atoms in total. The van der Waals surface area contributed by atoms with Crippen LogP contribution in [0.2, 0.25) is 5.02 Å². The zero-order valence-corrected chi connectivity index (χ0v) is 13.5. The maximum absolute atomic E-state index is 14.3. The molecule has 22 heavy (non-hydrogen) atoms. The number of amides is 1. The molecule has 2 rings (SSSR count). The van der Waals surface area contributed by atoms with Crippen molar-refractivity contribution in [1.82, 2.24) is 10.6 Å². The van der Waals surface area contributed by atoms with Gasteiger partial charge in [0.15, 0.2) is 0 Å². The molecule has 2 N–H and O–H groups in total. The quantitative estimate of drug-likeness (QED) is 0.844. The predicted octanol–water partition coefficient (Wildman–Crippen LogP) is 2.67. The predicted molar refractivity (Wildman–Crippen MR) is 84.4 cm³/mol. The molecule has 0 saturated carbocycles. The third-order valence-corrected chi connectivity index (χ3v) is 4.11. The van der Waals surface area contributed by atoms with Crippen LogP contribution in [0, 0.1) is 11.7 Å². The minimum absolute atomic E-state index is 0.0767. The summed E-state index contributed by atoms with van der Waals surface area (Å²) in [5.41, 5.74) is 0.422. The monoisotopic (exact) mass is 328 g/mol. The van der Waals surface area contributed by atoms with Crippen molar-refractivity contribution < 1.29 is 13.9 Å². The SMILES string of the molecule is CCNC(=O)CO[C@@H](c1cccc(Cl)c1F)[C@@H]1CCCNC1. The second kappa shape index (κ2) is 8.46. The van der Waals surface area contributed by atoms with Crippen LogP contribution in [0.3, 0.4) is 0 Å². The van der Waals surface area contributed by atoms with Gasteiger partial charge in [0.1, 0.15) is 12.4 Å². The average molecular weight is 329 g/mol. The molecule has 2 atom stereocenters. The number of nitrogens with one attached hydrogen (secondary N) is 2. The third kappa shape index (κ3) is 4.41. The summed E-state index contributed by atoms with van der Waals surface area (Å²) in [6.45, 7) is 4.00. The first-order chi connectivity index (χ1) is 10.6. The van der Waals surface area contributed by atoms with Gasteiger partial charge in [-0.3, -0.25) is 4.79 Å². The number of carbonyl (C=O) groups excluding carboxylic acids is 1. The number of piperidine rings is 1. The summed E-state index contributed by atoms with van der Waals surface area (Å²) < 4.78 is 20.1. The molecule has 122 valence electrons. The molecule has 1 aromatic carbocycles. The van der Waals surface area contributed by atoms with E-state index in [0.29, 0.717) is 12.1 Å². The van der Waals surface area contributed by atoms with Crippen LogP contribution in [-0.4, -0.2) is 32.1 Å². The maximum Gasteiger partial charge on any atom is 0.246 e. The van der Waals surface area contributed by atoms with E-state index < -0.39 is 11.9 Å². The van der Waals surface area contributed by atoms with Crippen molar-refractivity contribution in [2.45, 2.75) is 25.9 Å². The zero-order valence-electron chi connectivity index (χ0n) is 12.7. The lowest BCUT2D eigenvalue weighted by atomic mass is 9.89. The first kappa shape index (κ1) is 17.2. The fraction of sp³-hybridized carbons (Fsp3) is 0.562. The number of carbonyl (C=O) groups is 1. The van der Waals surface area contributed by atoms with Crippen LogP contribution in [0.1, 0.15) is 31.4 Å². The first-order valence-electron chi connectivity index (χ1n) is 7.66. The van der Waals surface area contributed by atoms with Crippen molar-refractivity contribution in [3.05, 3.63) is 34.6 Å². The highest BCUT2D eigenvalue weighted by Crippen LogP contribution is 2.34. The van der Waals surface area contributed by atoms with Crippen molar-refractivity contribution in [2.75, 3.05) is 26.2 Å². The lowest BCUT2D eigenvalue weighted by molar-refractivity contribution is -0.129. The molecule has 0 spiro atoms. The van der Waals surface area contributed by atoms with Gasteiger partial charge in [0.25, 0.3) is 0 Å². The smallest absolute Gasteiger partial charge is 0.246 e. The molecule has 1 aliphatic rings. The van der Waals surface area contributed by atoms with Gasteiger partial charge in [-0.05, 0) is 32.4 Å². The van der Waals surface area contributed by atoms with Crippen LogP contribution < -0.4 is 10.6 Å². The van der Waals surface area contributed by atoms with Crippen molar-refractivity contribution in [3.8, 4) is 0 Å². The number of hydrogen-bond acceptors (Lipinski definition) is 3. The van der Waals surface area contributed by atoms with Gasteiger partial charge in [0.2, 0.25) is 5.91 Å². The molecule has 0 radical (unpaired) electrons. The summed E-state index contributed by atoms with van der Waals surface area (Å²) in [7, 11) is 0. The summed E-state index contributed by atoms with van der Waals surface area (Å²) >= 11 is 5.88. The van der Waals surface area contributed by atoms with Crippen LogP contribution in [0.15, 0.2) is 18.2 Å². The summed E-state index contributed by atoms with van der Waals surface area (Å²) in [5.74, 6) is -0.537. The second-order valence-electron chi connectivity index (χ2n) is 5.43. The maximum atomic E-state index is 14.3. The first-order valence-corrected chi connectivity index (χ1v) is 8.04. The van der Waals surface area contributed by atoms with Gasteiger partial charge in [0.05, 0.1) is 11.1 Å². The molecule has 1 amide bonds. The van der Waals surface area contributed by atoms with Gasteiger partial charge in [0, 0.05) is 24.6 Å². The topological polar surface area (TPSA) is 50.4 Å². The Morgan fingerprint density at radius 1 is 1.59 bits per heavy atom. The molecule has 0 bridgehead atoms. The van der Waals surface area contributed by atoms with Gasteiger partial charge in [-0.1, -0.05) is 23.7 Å². The van der Waals surface area contributed by atoms with Crippen molar-refractivity contribution in [2.24, 2.45) is 5.92 Å². The van der Waals surface area contributed by atoms with Gasteiger partial charge in [-0.2, -0.15) is 0 Å². The summed E-state index contributed by atoms with van der Waals surface area (Å²) in [4.78, 5) is 11.6.